The first kappa shape index (κ1) is 11.8. The molecule has 1 atom stereocenters. The molecule has 1 aliphatic heterocycles. The Hall–Kier alpha value is -0.300. The predicted octanol–water partition coefficient (Wildman–Crippen LogP) is -1.49. The third kappa shape index (κ3) is 2.84. The van der Waals surface area contributed by atoms with Crippen LogP contribution < -0.4 is 10.6 Å². The van der Waals surface area contributed by atoms with Crippen molar-refractivity contribution in [1.82, 2.24) is 10.6 Å². The van der Waals surface area contributed by atoms with E-state index in [1.165, 1.54) is 0 Å². The van der Waals surface area contributed by atoms with Crippen molar-refractivity contribution in [2.75, 3.05) is 24.8 Å². The van der Waals surface area contributed by atoms with Crippen molar-refractivity contribution in [2.24, 2.45) is 0 Å². The molecule has 5 nitrogen and oxygen atoms in total. The van der Waals surface area contributed by atoms with Crippen LogP contribution in [0.15, 0.2) is 0 Å². The van der Waals surface area contributed by atoms with Gasteiger partial charge < -0.3 is 15.5 Å². The van der Waals surface area contributed by atoms with Crippen molar-refractivity contribution in [3.8, 4) is 0 Å². The predicted molar refractivity (Wildman–Crippen MR) is 55.0 cm³/mol. The standard InChI is InChI=1S/C8H16N2O3S/c1-8(3-11,4-12)10-7(13)6-2-14-5-9-6/h6,9,11-12H,2-5H2,1H3,(H,10,13). The summed E-state index contributed by atoms with van der Waals surface area (Å²) in [7, 11) is 0. The summed E-state index contributed by atoms with van der Waals surface area (Å²) in [5.74, 6) is 1.34. The normalized spacial score (nSPS) is 22.4. The van der Waals surface area contributed by atoms with Gasteiger partial charge in [0, 0.05) is 11.6 Å². The number of amides is 1. The van der Waals surface area contributed by atoms with Crippen molar-refractivity contribution >= 4 is 17.7 Å². The summed E-state index contributed by atoms with van der Waals surface area (Å²) in [5.41, 5.74) is -0.925. The second kappa shape index (κ2) is 4.97. The van der Waals surface area contributed by atoms with E-state index >= 15 is 0 Å². The molecule has 6 heteroatoms. The van der Waals surface area contributed by atoms with Crippen LogP contribution in [0.25, 0.3) is 0 Å². The summed E-state index contributed by atoms with van der Waals surface area (Å²) < 4.78 is 0. The zero-order valence-corrected chi connectivity index (χ0v) is 8.93. The molecular formula is C8H16N2O3S. The van der Waals surface area contributed by atoms with Gasteiger partial charge in [0.2, 0.25) is 5.91 Å². The number of nitrogens with one attached hydrogen (secondary N) is 2. The minimum absolute atomic E-state index is 0.166. The van der Waals surface area contributed by atoms with Gasteiger partial charge in [-0.05, 0) is 6.92 Å². The lowest BCUT2D eigenvalue weighted by Crippen LogP contribution is -2.56. The smallest absolute Gasteiger partial charge is 0.238 e. The van der Waals surface area contributed by atoms with E-state index in [-0.39, 0.29) is 25.2 Å². The van der Waals surface area contributed by atoms with Gasteiger partial charge in [0.15, 0.2) is 0 Å². The number of hydrogen-bond acceptors (Lipinski definition) is 5. The van der Waals surface area contributed by atoms with Crippen LogP contribution in [0.4, 0.5) is 0 Å². The van der Waals surface area contributed by atoms with Crippen molar-refractivity contribution in [1.29, 1.82) is 0 Å². The Morgan fingerprint density at radius 1 is 1.64 bits per heavy atom. The summed E-state index contributed by atoms with van der Waals surface area (Å²) >= 11 is 1.65. The third-order valence-electron chi connectivity index (χ3n) is 2.16. The highest BCUT2D eigenvalue weighted by Crippen LogP contribution is 2.11. The Morgan fingerprint density at radius 3 is 2.71 bits per heavy atom. The molecule has 1 aliphatic rings. The van der Waals surface area contributed by atoms with E-state index in [2.05, 4.69) is 10.6 Å². The van der Waals surface area contributed by atoms with E-state index in [1.54, 1.807) is 18.7 Å². The fourth-order valence-corrected chi connectivity index (χ4v) is 2.02. The molecule has 1 heterocycles. The van der Waals surface area contributed by atoms with E-state index in [1.807, 2.05) is 0 Å². The van der Waals surface area contributed by atoms with Crippen LogP contribution in [-0.4, -0.2) is 52.5 Å². The Balaban J connectivity index is 2.45. The fourth-order valence-electron chi connectivity index (χ4n) is 1.08. The van der Waals surface area contributed by atoms with Gasteiger partial charge in [0.1, 0.15) is 0 Å². The molecule has 0 bridgehead atoms. The Labute approximate surface area is 87.3 Å². The molecule has 0 aliphatic carbocycles. The number of aliphatic hydroxyl groups excluding tert-OH is 2. The Kier molecular flexibility index (Phi) is 4.18. The van der Waals surface area contributed by atoms with E-state index < -0.39 is 5.54 Å². The first-order valence-electron chi connectivity index (χ1n) is 4.46. The largest absolute Gasteiger partial charge is 0.394 e. The van der Waals surface area contributed by atoms with Crippen molar-refractivity contribution in [3.05, 3.63) is 0 Å². The number of thioether (sulfide) groups is 1. The van der Waals surface area contributed by atoms with E-state index in [0.29, 0.717) is 0 Å². The SMILES string of the molecule is CC(CO)(CO)NC(=O)C1CSCN1. The van der Waals surface area contributed by atoms with Gasteiger partial charge >= 0.3 is 0 Å². The Bertz CT molecular complexity index is 203. The maximum atomic E-state index is 11.6. The van der Waals surface area contributed by atoms with E-state index in [9.17, 15) is 4.79 Å². The summed E-state index contributed by atoms with van der Waals surface area (Å²) in [5, 5.41) is 23.6. The van der Waals surface area contributed by atoms with Crippen LogP contribution in [0.1, 0.15) is 6.92 Å². The molecule has 82 valence electrons. The molecule has 4 N–H and O–H groups in total. The highest BCUT2D eigenvalue weighted by Gasteiger charge is 2.30. The van der Waals surface area contributed by atoms with Gasteiger partial charge in [-0.25, -0.2) is 0 Å². The van der Waals surface area contributed by atoms with Crippen LogP contribution in [0.5, 0.6) is 0 Å². The van der Waals surface area contributed by atoms with Crippen LogP contribution in [0.3, 0.4) is 0 Å². The van der Waals surface area contributed by atoms with Gasteiger partial charge in [-0.1, -0.05) is 0 Å². The molecule has 1 amide bonds. The van der Waals surface area contributed by atoms with Gasteiger partial charge in [-0.3, -0.25) is 10.1 Å². The molecule has 0 aromatic carbocycles. The zero-order valence-electron chi connectivity index (χ0n) is 8.12. The number of rotatable bonds is 4. The third-order valence-corrected chi connectivity index (χ3v) is 3.10. The number of hydrogen-bond donors (Lipinski definition) is 4. The second-order valence-electron chi connectivity index (χ2n) is 3.64. The quantitative estimate of drug-likeness (QED) is 0.464. The lowest BCUT2D eigenvalue weighted by molar-refractivity contribution is -0.125. The minimum atomic E-state index is -0.925. The van der Waals surface area contributed by atoms with Gasteiger partial charge in [0.05, 0.1) is 24.8 Å². The molecule has 1 unspecified atom stereocenters. The molecular weight excluding hydrogens is 204 g/mol. The highest BCUT2D eigenvalue weighted by atomic mass is 32.2. The van der Waals surface area contributed by atoms with Crippen LogP contribution in [-0.2, 0) is 4.79 Å². The van der Waals surface area contributed by atoms with Crippen molar-refractivity contribution < 1.29 is 15.0 Å². The molecule has 1 saturated heterocycles. The zero-order chi connectivity index (χ0) is 10.6. The molecule has 14 heavy (non-hydrogen) atoms. The van der Waals surface area contributed by atoms with Gasteiger partial charge in [-0.2, -0.15) is 0 Å². The van der Waals surface area contributed by atoms with Crippen molar-refractivity contribution in [3.63, 3.8) is 0 Å². The molecule has 0 saturated carbocycles. The first-order valence-corrected chi connectivity index (χ1v) is 5.61. The van der Waals surface area contributed by atoms with Crippen LogP contribution in [0.2, 0.25) is 0 Å². The summed E-state index contributed by atoms with van der Waals surface area (Å²) in [4.78, 5) is 11.6. The molecule has 1 rings (SSSR count). The summed E-state index contributed by atoms with van der Waals surface area (Å²) in [6.45, 7) is 1.07. The first-order chi connectivity index (χ1) is 6.61. The monoisotopic (exact) mass is 220 g/mol. The molecule has 0 aromatic heterocycles. The van der Waals surface area contributed by atoms with E-state index in [4.69, 9.17) is 10.2 Å². The lowest BCUT2D eigenvalue weighted by atomic mass is 10.1. The number of aliphatic hydroxyl groups is 2. The average Bonchev–Trinajstić information content (AvgIpc) is 2.70. The van der Waals surface area contributed by atoms with Crippen LogP contribution >= 0.6 is 11.8 Å². The summed E-state index contributed by atoms with van der Waals surface area (Å²) in [6.07, 6.45) is 0. The maximum absolute atomic E-state index is 11.6. The topological polar surface area (TPSA) is 81.6 Å². The molecule has 0 spiro atoms. The molecule has 1 fully saturated rings. The molecule has 0 aromatic rings. The van der Waals surface area contributed by atoms with Crippen LogP contribution in [0, 0.1) is 0 Å². The number of carbonyl (C=O) groups excluding carboxylic acids is 1. The average molecular weight is 220 g/mol. The molecule has 0 radical (unpaired) electrons. The fraction of sp³-hybridized carbons (Fsp3) is 0.875. The lowest BCUT2D eigenvalue weighted by Gasteiger charge is -2.27. The van der Waals surface area contributed by atoms with Gasteiger partial charge in [0.25, 0.3) is 0 Å². The Morgan fingerprint density at radius 2 is 2.29 bits per heavy atom. The summed E-state index contributed by atoms with van der Waals surface area (Å²) in [6, 6.07) is -0.211. The minimum Gasteiger partial charge on any atom is -0.394 e. The van der Waals surface area contributed by atoms with E-state index in [0.717, 1.165) is 11.6 Å². The number of carbonyl (C=O) groups is 1. The van der Waals surface area contributed by atoms with Gasteiger partial charge in [-0.15, -0.1) is 11.8 Å². The second-order valence-corrected chi connectivity index (χ2v) is 4.67. The maximum Gasteiger partial charge on any atom is 0.238 e. The van der Waals surface area contributed by atoms with Crippen molar-refractivity contribution in [2.45, 2.75) is 18.5 Å². The highest BCUT2D eigenvalue weighted by molar-refractivity contribution is 7.99.